The molecule has 1 amide bonds. The van der Waals surface area contributed by atoms with Crippen molar-refractivity contribution >= 4 is 17.2 Å². The zero-order chi connectivity index (χ0) is 17.4. The van der Waals surface area contributed by atoms with Gasteiger partial charge in [0.15, 0.2) is 0 Å². The van der Waals surface area contributed by atoms with E-state index < -0.39 is 0 Å². The van der Waals surface area contributed by atoms with Gasteiger partial charge in [-0.1, -0.05) is 13.0 Å². The molecule has 2 saturated heterocycles. The lowest BCUT2D eigenvalue weighted by Gasteiger charge is -2.34. The van der Waals surface area contributed by atoms with E-state index in [0.717, 1.165) is 42.1 Å². The SMILES string of the molecule is CC[C@@]1(CO)C[C@@H]2CC[C@H]1N2C(=O)CCc1ccc(-c2cccs2)o1. The molecule has 2 bridgehead atoms. The fraction of sp³-hybridized carbons (Fsp3) is 0.550. The van der Waals surface area contributed by atoms with E-state index in [0.29, 0.717) is 18.9 Å². The third-order valence-corrected chi connectivity index (χ3v) is 7.05. The van der Waals surface area contributed by atoms with E-state index >= 15 is 0 Å². The molecule has 0 spiro atoms. The number of aliphatic hydroxyl groups is 1. The molecule has 0 aliphatic carbocycles. The largest absolute Gasteiger partial charge is 0.460 e. The molecule has 4 rings (SSSR count). The van der Waals surface area contributed by atoms with Gasteiger partial charge < -0.3 is 14.4 Å². The lowest BCUT2D eigenvalue weighted by molar-refractivity contribution is -0.133. The summed E-state index contributed by atoms with van der Waals surface area (Å²) in [5.74, 6) is 1.96. The summed E-state index contributed by atoms with van der Waals surface area (Å²) >= 11 is 1.66. The number of aliphatic hydroxyl groups excluding tert-OH is 1. The van der Waals surface area contributed by atoms with Crippen LogP contribution in [0.5, 0.6) is 0 Å². The molecule has 2 aromatic rings. The molecule has 0 saturated carbocycles. The molecule has 4 heterocycles. The lowest BCUT2D eigenvalue weighted by atomic mass is 9.72. The first-order valence-electron chi connectivity index (χ1n) is 9.21. The number of nitrogens with zero attached hydrogens (tertiary/aromatic N) is 1. The molecule has 2 fully saturated rings. The van der Waals surface area contributed by atoms with Crippen LogP contribution in [-0.4, -0.2) is 34.6 Å². The standard InChI is InChI=1S/C20H25NO3S/c1-2-20(13-22)12-14-5-9-18(20)21(14)19(23)10-7-15-6-8-16(24-15)17-4-3-11-25-17/h3-4,6,8,11,14,18,22H,2,5,7,9-10,12-13H2,1H3/t14-,18+,20-/m0/s1. The minimum Gasteiger partial charge on any atom is -0.460 e. The number of thiophene rings is 1. The predicted molar refractivity (Wildman–Crippen MR) is 98.4 cm³/mol. The van der Waals surface area contributed by atoms with E-state index in [1.807, 2.05) is 29.6 Å². The number of hydrogen-bond donors (Lipinski definition) is 1. The van der Waals surface area contributed by atoms with E-state index in [-0.39, 0.29) is 24.0 Å². The summed E-state index contributed by atoms with van der Waals surface area (Å²) in [5.41, 5.74) is -0.0738. The third-order valence-electron chi connectivity index (χ3n) is 6.17. The van der Waals surface area contributed by atoms with Gasteiger partial charge in [-0.25, -0.2) is 0 Å². The van der Waals surface area contributed by atoms with Gasteiger partial charge >= 0.3 is 0 Å². The number of furan rings is 1. The molecule has 2 aliphatic heterocycles. The second-order valence-electron chi connectivity index (χ2n) is 7.37. The highest BCUT2D eigenvalue weighted by atomic mass is 32.1. The first-order valence-corrected chi connectivity index (χ1v) is 10.1. The van der Waals surface area contributed by atoms with Gasteiger partial charge in [0.05, 0.1) is 11.5 Å². The average molecular weight is 359 g/mol. The molecule has 134 valence electrons. The summed E-state index contributed by atoms with van der Waals surface area (Å²) in [7, 11) is 0. The van der Waals surface area contributed by atoms with Crippen LogP contribution in [0.15, 0.2) is 34.1 Å². The van der Waals surface area contributed by atoms with Crippen molar-refractivity contribution in [3.05, 3.63) is 35.4 Å². The summed E-state index contributed by atoms with van der Waals surface area (Å²) < 4.78 is 5.89. The van der Waals surface area contributed by atoms with Crippen molar-refractivity contribution in [1.82, 2.24) is 4.90 Å². The highest BCUT2D eigenvalue weighted by molar-refractivity contribution is 7.13. The van der Waals surface area contributed by atoms with Gasteiger partial charge in [0, 0.05) is 30.3 Å². The van der Waals surface area contributed by atoms with Crippen LogP contribution in [0.4, 0.5) is 0 Å². The summed E-state index contributed by atoms with van der Waals surface area (Å²) in [6, 6.07) is 8.56. The fourth-order valence-electron chi connectivity index (χ4n) is 4.75. The maximum Gasteiger partial charge on any atom is 0.223 e. The van der Waals surface area contributed by atoms with Crippen molar-refractivity contribution in [3.8, 4) is 10.6 Å². The number of amides is 1. The first-order chi connectivity index (χ1) is 12.2. The van der Waals surface area contributed by atoms with Gasteiger partial charge in [0.1, 0.15) is 11.5 Å². The maximum atomic E-state index is 12.8. The highest BCUT2D eigenvalue weighted by Gasteiger charge is 2.55. The second kappa shape index (κ2) is 6.61. The van der Waals surface area contributed by atoms with Gasteiger partial charge in [0.25, 0.3) is 0 Å². The minimum atomic E-state index is -0.0738. The molecule has 0 radical (unpaired) electrons. The lowest BCUT2D eigenvalue weighted by Crippen LogP contribution is -2.42. The van der Waals surface area contributed by atoms with Crippen LogP contribution in [0.1, 0.15) is 44.8 Å². The smallest absolute Gasteiger partial charge is 0.223 e. The Labute approximate surface area is 152 Å². The zero-order valence-electron chi connectivity index (χ0n) is 14.6. The summed E-state index contributed by atoms with van der Waals surface area (Å²) in [5, 5.41) is 11.9. The maximum absolute atomic E-state index is 12.8. The molecule has 0 aromatic carbocycles. The molecular weight excluding hydrogens is 334 g/mol. The Morgan fingerprint density at radius 1 is 1.40 bits per heavy atom. The molecule has 3 atom stereocenters. The Morgan fingerprint density at radius 3 is 2.96 bits per heavy atom. The summed E-state index contributed by atoms with van der Waals surface area (Å²) in [4.78, 5) is 16.0. The molecule has 2 aromatic heterocycles. The Hall–Kier alpha value is -1.59. The van der Waals surface area contributed by atoms with Crippen molar-refractivity contribution < 1.29 is 14.3 Å². The number of hydrogen-bond acceptors (Lipinski definition) is 4. The number of aryl methyl sites for hydroxylation is 1. The van der Waals surface area contributed by atoms with Gasteiger partial charge in [-0.2, -0.15) is 0 Å². The topological polar surface area (TPSA) is 53.7 Å². The third kappa shape index (κ3) is 2.83. The molecule has 1 N–H and O–H groups in total. The average Bonchev–Trinajstić information content (AvgIpc) is 3.42. The second-order valence-corrected chi connectivity index (χ2v) is 8.32. The van der Waals surface area contributed by atoms with Gasteiger partial charge in [-0.15, -0.1) is 11.3 Å². The number of fused-ring (bicyclic) bond motifs is 2. The van der Waals surface area contributed by atoms with E-state index in [1.54, 1.807) is 11.3 Å². The van der Waals surface area contributed by atoms with Crippen molar-refractivity contribution in [3.63, 3.8) is 0 Å². The summed E-state index contributed by atoms with van der Waals surface area (Å²) in [6.07, 6.45) is 5.14. The monoisotopic (exact) mass is 359 g/mol. The Bertz CT molecular complexity index is 732. The minimum absolute atomic E-state index is 0.0738. The molecule has 2 aliphatic rings. The van der Waals surface area contributed by atoms with Crippen LogP contribution in [0, 0.1) is 5.41 Å². The van der Waals surface area contributed by atoms with E-state index in [1.165, 1.54) is 0 Å². The number of rotatable bonds is 6. The van der Waals surface area contributed by atoms with Crippen molar-refractivity contribution in [2.75, 3.05) is 6.61 Å². The van der Waals surface area contributed by atoms with E-state index in [2.05, 4.69) is 11.8 Å². The molecule has 5 heteroatoms. The predicted octanol–water partition coefficient (Wildman–Crippen LogP) is 4.09. The van der Waals surface area contributed by atoms with Gasteiger partial charge in [-0.05, 0) is 49.3 Å². The Kier molecular flexibility index (Phi) is 4.46. The molecule has 0 unspecified atom stereocenters. The van der Waals surface area contributed by atoms with Crippen molar-refractivity contribution in [2.24, 2.45) is 5.41 Å². The quantitative estimate of drug-likeness (QED) is 0.845. The normalized spacial score (nSPS) is 28.0. The van der Waals surface area contributed by atoms with Crippen LogP contribution in [0.3, 0.4) is 0 Å². The van der Waals surface area contributed by atoms with Crippen molar-refractivity contribution in [1.29, 1.82) is 0 Å². The Balaban J connectivity index is 1.40. The zero-order valence-corrected chi connectivity index (χ0v) is 15.4. The number of carbonyl (C=O) groups excluding carboxylic acids is 1. The molecular formula is C20H25NO3S. The van der Waals surface area contributed by atoms with Crippen LogP contribution in [-0.2, 0) is 11.2 Å². The Morgan fingerprint density at radius 2 is 2.28 bits per heavy atom. The number of carbonyl (C=O) groups is 1. The molecule has 4 nitrogen and oxygen atoms in total. The highest BCUT2D eigenvalue weighted by Crippen LogP contribution is 2.51. The van der Waals surface area contributed by atoms with E-state index in [4.69, 9.17) is 4.42 Å². The van der Waals surface area contributed by atoms with Gasteiger partial charge in [-0.3, -0.25) is 4.79 Å². The summed E-state index contributed by atoms with van der Waals surface area (Å²) in [6.45, 7) is 2.32. The molecule has 25 heavy (non-hydrogen) atoms. The van der Waals surface area contributed by atoms with Gasteiger partial charge in [0.2, 0.25) is 5.91 Å². The van der Waals surface area contributed by atoms with Crippen LogP contribution in [0.2, 0.25) is 0 Å². The van der Waals surface area contributed by atoms with E-state index in [9.17, 15) is 9.90 Å². The van der Waals surface area contributed by atoms with Crippen LogP contribution < -0.4 is 0 Å². The van der Waals surface area contributed by atoms with Crippen molar-refractivity contribution in [2.45, 2.75) is 57.5 Å². The first kappa shape index (κ1) is 16.9. The van der Waals surface area contributed by atoms with Crippen LogP contribution in [0.25, 0.3) is 10.6 Å². The fourth-order valence-corrected chi connectivity index (χ4v) is 5.44. The van der Waals surface area contributed by atoms with Crippen LogP contribution >= 0.6 is 11.3 Å².